The number of hydrogen-bond donors (Lipinski definition) is 0. The van der Waals surface area contributed by atoms with Gasteiger partial charge in [0, 0.05) is 27.5 Å². The van der Waals surface area contributed by atoms with E-state index in [1.54, 1.807) is 0 Å². The molecule has 266 valence electrons. The van der Waals surface area contributed by atoms with Crippen LogP contribution in [0.3, 0.4) is 0 Å². The van der Waals surface area contributed by atoms with Crippen molar-refractivity contribution in [3.8, 4) is 84.7 Å². The second kappa shape index (κ2) is 14.4. The molecule has 0 aliphatic heterocycles. The summed E-state index contributed by atoms with van der Waals surface area (Å²) in [6.45, 7) is 0. The zero-order valence-electron chi connectivity index (χ0n) is 30.7. The van der Waals surface area contributed by atoms with E-state index < -0.39 is 0 Å². The number of aromatic nitrogens is 3. The van der Waals surface area contributed by atoms with Crippen LogP contribution in [0.1, 0.15) is 5.56 Å². The molecule has 0 fully saturated rings. The van der Waals surface area contributed by atoms with Crippen molar-refractivity contribution in [1.29, 1.82) is 5.26 Å². The van der Waals surface area contributed by atoms with Gasteiger partial charge in [-0.15, -0.1) is 0 Å². The number of benzene rings is 8. The second-order valence-corrected chi connectivity index (χ2v) is 14.0. The fourth-order valence-corrected chi connectivity index (χ4v) is 7.49. The highest BCUT2D eigenvalue weighted by Crippen LogP contribution is 2.39. The molecule has 0 N–H and O–H groups in total. The Morgan fingerprint density at radius 3 is 1.42 bits per heavy atom. The molecule has 5 nitrogen and oxygen atoms in total. The maximum absolute atomic E-state index is 9.28. The summed E-state index contributed by atoms with van der Waals surface area (Å²) in [6, 6.07) is 68.2. The van der Waals surface area contributed by atoms with Gasteiger partial charge in [0.15, 0.2) is 17.5 Å². The Morgan fingerprint density at radius 1 is 0.351 bits per heavy atom. The minimum Gasteiger partial charge on any atom is -0.456 e. The van der Waals surface area contributed by atoms with E-state index in [4.69, 9.17) is 19.4 Å². The highest BCUT2D eigenvalue weighted by molar-refractivity contribution is 6.13. The molecule has 2 heterocycles. The van der Waals surface area contributed by atoms with E-state index in [2.05, 4.69) is 127 Å². The molecule has 0 aliphatic carbocycles. The molecule has 10 rings (SSSR count). The van der Waals surface area contributed by atoms with Gasteiger partial charge in [-0.25, -0.2) is 15.0 Å². The van der Waals surface area contributed by atoms with Gasteiger partial charge in [-0.3, -0.25) is 0 Å². The first kappa shape index (κ1) is 33.6. The van der Waals surface area contributed by atoms with Crippen LogP contribution in [0.4, 0.5) is 0 Å². The molecule has 0 aliphatic rings. The molecule has 0 radical (unpaired) electrons. The zero-order chi connectivity index (χ0) is 38.1. The van der Waals surface area contributed by atoms with Gasteiger partial charge in [-0.05, 0) is 93.0 Å². The predicted molar refractivity (Wildman–Crippen MR) is 230 cm³/mol. The Hall–Kier alpha value is -7.94. The van der Waals surface area contributed by atoms with E-state index in [1.807, 2.05) is 72.8 Å². The van der Waals surface area contributed by atoms with E-state index in [9.17, 15) is 5.26 Å². The van der Waals surface area contributed by atoms with Crippen molar-refractivity contribution < 1.29 is 4.42 Å². The summed E-state index contributed by atoms with van der Waals surface area (Å²) in [4.78, 5) is 15.5. The summed E-state index contributed by atoms with van der Waals surface area (Å²) < 4.78 is 6.52. The molecular formula is C52H32N4O. The third-order valence-corrected chi connectivity index (χ3v) is 10.4. The maximum Gasteiger partial charge on any atom is 0.164 e. The SMILES string of the molecule is N#Cc1ccc(-c2ccc(-c3nc(-c4cc(-c5ccccc5)cc(-c5ccccc5)c4)nc(-c4ccc5c(c4)oc4cccc(-c6ccccc6)c45)n3)cc2)cc1. The third-order valence-electron chi connectivity index (χ3n) is 10.4. The lowest BCUT2D eigenvalue weighted by Crippen LogP contribution is -2.00. The van der Waals surface area contributed by atoms with Crippen molar-refractivity contribution in [2.45, 2.75) is 0 Å². The smallest absolute Gasteiger partial charge is 0.164 e. The molecule has 8 aromatic carbocycles. The summed E-state index contributed by atoms with van der Waals surface area (Å²) in [5.41, 5.74) is 13.5. The molecule has 0 saturated carbocycles. The van der Waals surface area contributed by atoms with Gasteiger partial charge >= 0.3 is 0 Å². The van der Waals surface area contributed by atoms with E-state index in [1.165, 1.54) is 0 Å². The molecule has 0 saturated heterocycles. The molecule has 0 unspecified atom stereocenters. The van der Waals surface area contributed by atoms with Gasteiger partial charge in [-0.1, -0.05) is 146 Å². The van der Waals surface area contributed by atoms with Crippen molar-refractivity contribution in [3.05, 3.63) is 200 Å². The van der Waals surface area contributed by atoms with Crippen LogP contribution in [0.2, 0.25) is 0 Å². The molecule has 10 aromatic rings. The number of hydrogen-bond acceptors (Lipinski definition) is 5. The first-order chi connectivity index (χ1) is 28.2. The fraction of sp³-hybridized carbons (Fsp3) is 0. The van der Waals surface area contributed by atoms with Crippen LogP contribution in [-0.4, -0.2) is 15.0 Å². The lowest BCUT2D eigenvalue weighted by molar-refractivity contribution is 0.669. The Morgan fingerprint density at radius 2 is 0.825 bits per heavy atom. The average molecular weight is 729 g/mol. The van der Waals surface area contributed by atoms with Crippen molar-refractivity contribution >= 4 is 21.9 Å². The summed E-state index contributed by atoms with van der Waals surface area (Å²) in [7, 11) is 0. The highest BCUT2D eigenvalue weighted by atomic mass is 16.3. The van der Waals surface area contributed by atoms with Gasteiger partial charge in [-0.2, -0.15) is 5.26 Å². The number of rotatable bonds is 7. The first-order valence-corrected chi connectivity index (χ1v) is 18.8. The van der Waals surface area contributed by atoms with E-state index in [0.29, 0.717) is 23.0 Å². The van der Waals surface area contributed by atoms with Crippen molar-refractivity contribution in [3.63, 3.8) is 0 Å². The molecule has 0 bridgehead atoms. The van der Waals surface area contributed by atoms with E-state index >= 15 is 0 Å². The van der Waals surface area contributed by atoms with Gasteiger partial charge in [0.2, 0.25) is 0 Å². The van der Waals surface area contributed by atoms with Crippen LogP contribution in [-0.2, 0) is 0 Å². The molecule has 57 heavy (non-hydrogen) atoms. The predicted octanol–water partition coefficient (Wildman–Crippen LogP) is 13.3. The van der Waals surface area contributed by atoms with Gasteiger partial charge in [0.1, 0.15) is 11.2 Å². The average Bonchev–Trinajstić information content (AvgIpc) is 3.68. The second-order valence-electron chi connectivity index (χ2n) is 14.0. The van der Waals surface area contributed by atoms with E-state index in [0.717, 1.165) is 83.1 Å². The van der Waals surface area contributed by atoms with Gasteiger partial charge < -0.3 is 4.42 Å². The van der Waals surface area contributed by atoms with Crippen LogP contribution < -0.4 is 0 Å². The summed E-state index contributed by atoms with van der Waals surface area (Å²) in [5.74, 6) is 1.67. The summed E-state index contributed by atoms with van der Waals surface area (Å²) >= 11 is 0. The van der Waals surface area contributed by atoms with Crippen molar-refractivity contribution in [2.24, 2.45) is 0 Å². The quantitative estimate of drug-likeness (QED) is 0.163. The molecule has 0 atom stereocenters. The Labute approximate surface area is 329 Å². The highest BCUT2D eigenvalue weighted by Gasteiger charge is 2.18. The minimum absolute atomic E-state index is 0.545. The number of nitriles is 1. The van der Waals surface area contributed by atoms with Crippen LogP contribution in [0.5, 0.6) is 0 Å². The normalized spacial score (nSPS) is 11.1. The Bertz CT molecular complexity index is 3040. The number of nitrogens with zero attached hydrogens (tertiary/aromatic N) is 4. The standard InChI is InChI=1S/C52H32N4O/c53-33-34-19-21-37(22-20-34)38-23-25-40(26-24-38)50-54-51(41-27-28-46-48(32-41)57-47-18-10-17-45(49(46)47)39-15-8-3-9-16-39)56-52(55-50)44-30-42(35-11-4-1-5-12-35)29-43(31-44)36-13-6-2-7-14-36/h1-32H. The molecule has 5 heteroatoms. The van der Waals surface area contributed by atoms with Crippen LogP contribution in [0.25, 0.3) is 101 Å². The van der Waals surface area contributed by atoms with E-state index in [-0.39, 0.29) is 0 Å². The molecule has 0 amide bonds. The number of furan rings is 1. The van der Waals surface area contributed by atoms with Crippen molar-refractivity contribution in [1.82, 2.24) is 15.0 Å². The maximum atomic E-state index is 9.28. The zero-order valence-corrected chi connectivity index (χ0v) is 30.7. The van der Waals surface area contributed by atoms with Crippen LogP contribution >= 0.6 is 0 Å². The lowest BCUT2D eigenvalue weighted by Gasteiger charge is -2.13. The Kier molecular flexibility index (Phi) is 8.48. The van der Waals surface area contributed by atoms with Gasteiger partial charge in [0.05, 0.1) is 11.6 Å². The fourth-order valence-electron chi connectivity index (χ4n) is 7.49. The summed E-state index contributed by atoms with van der Waals surface area (Å²) in [6.07, 6.45) is 0. The lowest BCUT2D eigenvalue weighted by atomic mass is 9.96. The monoisotopic (exact) mass is 728 g/mol. The largest absolute Gasteiger partial charge is 0.456 e. The molecular weight excluding hydrogens is 697 g/mol. The topological polar surface area (TPSA) is 75.6 Å². The Balaban J connectivity index is 1.14. The molecule has 0 spiro atoms. The summed E-state index contributed by atoms with van der Waals surface area (Å²) in [5, 5.41) is 11.4. The van der Waals surface area contributed by atoms with Crippen molar-refractivity contribution in [2.75, 3.05) is 0 Å². The van der Waals surface area contributed by atoms with Gasteiger partial charge in [0.25, 0.3) is 0 Å². The third kappa shape index (κ3) is 6.52. The minimum atomic E-state index is 0.545. The first-order valence-electron chi connectivity index (χ1n) is 18.8. The van der Waals surface area contributed by atoms with Crippen LogP contribution in [0.15, 0.2) is 199 Å². The molecule has 2 aromatic heterocycles. The number of fused-ring (bicyclic) bond motifs is 3. The van der Waals surface area contributed by atoms with Crippen LogP contribution in [0, 0.1) is 11.3 Å².